The quantitative estimate of drug-likeness (QED) is 0.0988. The van der Waals surface area contributed by atoms with Gasteiger partial charge < -0.3 is 9.55 Å². The highest BCUT2D eigenvalue weighted by molar-refractivity contribution is 5.83. The van der Waals surface area contributed by atoms with Crippen LogP contribution in [0.5, 0.6) is 0 Å². The Kier molecular flexibility index (Phi) is 11.9. The van der Waals surface area contributed by atoms with Crippen LogP contribution in [0.25, 0.3) is 33.8 Å². The molecule has 0 bridgehead atoms. The van der Waals surface area contributed by atoms with Crippen LogP contribution in [0.2, 0.25) is 0 Å². The van der Waals surface area contributed by atoms with E-state index < -0.39 is 11.2 Å². The molecule has 2 aromatic rings. The molecule has 0 radical (unpaired) electrons. The number of aromatic amines is 2. The number of benzene rings is 1. The molecule has 0 saturated carbocycles. The van der Waals surface area contributed by atoms with Crippen molar-refractivity contribution >= 4 is 11.0 Å². The van der Waals surface area contributed by atoms with Crippen molar-refractivity contribution < 1.29 is 0 Å². The highest BCUT2D eigenvalue weighted by Crippen LogP contribution is 2.24. The average molecular weight is 560 g/mol. The monoisotopic (exact) mass is 559 g/mol. The Morgan fingerprint density at radius 1 is 0.659 bits per heavy atom. The maximum Gasteiger partial charge on any atom is 0.349 e. The van der Waals surface area contributed by atoms with Gasteiger partial charge in [-0.25, -0.2) is 9.78 Å². The van der Waals surface area contributed by atoms with Crippen molar-refractivity contribution in [1.29, 1.82) is 0 Å². The number of hydrogen-bond acceptors (Lipinski definition) is 5. The van der Waals surface area contributed by atoms with Crippen molar-refractivity contribution in [3.05, 3.63) is 67.6 Å². The van der Waals surface area contributed by atoms with Gasteiger partial charge in [0.15, 0.2) is 5.82 Å². The molecule has 3 heterocycles. The lowest BCUT2D eigenvalue weighted by Crippen LogP contribution is -2.29. The molecule has 1 aromatic carbocycles. The lowest BCUT2D eigenvalue weighted by molar-refractivity contribution is 0.522. The normalized spacial score (nSPS) is 11.5. The smallest absolute Gasteiger partial charge is 0.309 e. The van der Waals surface area contributed by atoms with E-state index >= 15 is 0 Å². The highest BCUT2D eigenvalue weighted by Gasteiger charge is 2.20. The van der Waals surface area contributed by atoms with Gasteiger partial charge >= 0.3 is 5.69 Å². The summed E-state index contributed by atoms with van der Waals surface area (Å²) in [6.07, 6.45) is 20.5. The molecule has 0 amide bonds. The molecular formula is C33H45N5O3. The van der Waals surface area contributed by atoms with Gasteiger partial charge in [-0.2, -0.15) is 4.98 Å². The van der Waals surface area contributed by atoms with Gasteiger partial charge in [0.1, 0.15) is 11.5 Å². The van der Waals surface area contributed by atoms with Crippen molar-refractivity contribution in [1.82, 2.24) is 24.5 Å². The predicted octanol–water partition coefficient (Wildman–Crippen LogP) is 7.20. The minimum atomic E-state index is -0.698. The van der Waals surface area contributed by atoms with Crippen molar-refractivity contribution in [2.45, 2.75) is 116 Å². The Bertz CT molecular complexity index is 1510. The second kappa shape index (κ2) is 16.0. The number of H-pyrrole nitrogens is 2. The molecule has 8 nitrogen and oxygen atoms in total. The van der Waals surface area contributed by atoms with Gasteiger partial charge in [-0.3, -0.25) is 14.6 Å². The van der Waals surface area contributed by atoms with Crippen LogP contribution in [0.1, 0.15) is 110 Å². The third-order valence-electron chi connectivity index (χ3n) is 7.93. The third-order valence-corrected chi connectivity index (χ3v) is 7.93. The second-order valence-electron chi connectivity index (χ2n) is 11.2. The molecule has 4 rings (SSSR count). The third kappa shape index (κ3) is 8.72. The molecule has 2 aliphatic heterocycles. The first kappa shape index (κ1) is 30.4. The van der Waals surface area contributed by atoms with Crippen LogP contribution in [0, 0.1) is 0 Å². The van der Waals surface area contributed by atoms with Crippen LogP contribution in [0.4, 0.5) is 0 Å². The number of nitrogens with one attached hydrogen (secondary N) is 2. The van der Waals surface area contributed by atoms with E-state index in [0.717, 1.165) is 24.8 Å². The summed E-state index contributed by atoms with van der Waals surface area (Å²) in [6.45, 7) is 2.79. The Hall–Kier alpha value is -3.55. The van der Waals surface area contributed by atoms with Crippen molar-refractivity contribution in [2.24, 2.45) is 0 Å². The van der Waals surface area contributed by atoms with E-state index in [1.165, 1.54) is 89.5 Å². The Labute approximate surface area is 242 Å². The van der Waals surface area contributed by atoms with Gasteiger partial charge in [0.05, 0.1) is 10.9 Å². The zero-order valence-electron chi connectivity index (χ0n) is 24.6. The van der Waals surface area contributed by atoms with Crippen LogP contribution in [-0.2, 0) is 6.54 Å². The number of aryl methyl sites for hydroxylation is 1. The zero-order valence-corrected chi connectivity index (χ0v) is 24.6. The number of fused-ring (bicyclic) bond motifs is 2. The summed E-state index contributed by atoms with van der Waals surface area (Å²) in [5.74, 6) is 0.708. The molecule has 0 atom stereocenters. The number of rotatable bonds is 18. The summed E-state index contributed by atoms with van der Waals surface area (Å²) in [5, 5.41) is 0.305. The van der Waals surface area contributed by atoms with E-state index in [9.17, 15) is 14.4 Å². The minimum absolute atomic E-state index is 0.216. The van der Waals surface area contributed by atoms with Crippen LogP contribution < -0.4 is 16.8 Å². The number of aromatic nitrogens is 5. The molecule has 220 valence electrons. The fraction of sp³-hybridized carbons (Fsp3) is 0.545. The fourth-order valence-electron chi connectivity index (χ4n) is 5.60. The van der Waals surface area contributed by atoms with Crippen LogP contribution >= 0.6 is 0 Å². The molecule has 0 saturated heterocycles. The molecule has 1 aromatic heterocycles. The Morgan fingerprint density at radius 2 is 1.22 bits per heavy atom. The van der Waals surface area contributed by atoms with E-state index in [4.69, 9.17) is 4.98 Å². The first-order valence-electron chi connectivity index (χ1n) is 15.7. The Morgan fingerprint density at radius 3 is 1.80 bits per heavy atom. The first-order valence-corrected chi connectivity index (χ1v) is 15.7. The van der Waals surface area contributed by atoms with Gasteiger partial charge in [-0.05, 0) is 12.5 Å². The van der Waals surface area contributed by atoms with Gasteiger partial charge in [0.2, 0.25) is 0 Å². The lowest BCUT2D eigenvalue weighted by atomic mass is 10.0. The van der Waals surface area contributed by atoms with Crippen LogP contribution in [0.3, 0.4) is 0 Å². The van der Waals surface area contributed by atoms with Gasteiger partial charge in [-0.15, -0.1) is 0 Å². The van der Waals surface area contributed by atoms with Crippen LogP contribution in [-0.4, -0.2) is 24.5 Å². The summed E-state index contributed by atoms with van der Waals surface area (Å²) in [7, 11) is 0. The number of pyridine rings is 1. The molecule has 2 N–H and O–H groups in total. The molecule has 0 aliphatic carbocycles. The largest absolute Gasteiger partial charge is 0.349 e. The summed E-state index contributed by atoms with van der Waals surface area (Å²) in [4.78, 5) is 51.7. The fourth-order valence-corrected chi connectivity index (χ4v) is 5.60. The van der Waals surface area contributed by atoms with Gasteiger partial charge in [-0.1, -0.05) is 134 Å². The molecule has 0 fully saturated rings. The molecule has 0 spiro atoms. The number of nitrogens with zero attached hydrogens (tertiary/aromatic N) is 3. The summed E-state index contributed by atoms with van der Waals surface area (Å²) < 4.78 is 1.77. The zero-order chi connectivity index (χ0) is 28.9. The van der Waals surface area contributed by atoms with Crippen LogP contribution in [0.15, 0.2) is 50.8 Å². The van der Waals surface area contributed by atoms with E-state index in [2.05, 4.69) is 21.9 Å². The number of hydrogen-bond donors (Lipinski definition) is 2. The average Bonchev–Trinajstić information content (AvgIpc) is 2.97. The Balaban J connectivity index is 1.30. The highest BCUT2D eigenvalue weighted by atomic mass is 16.2. The summed E-state index contributed by atoms with van der Waals surface area (Å²) >= 11 is 0. The topological polar surface area (TPSA) is 113 Å². The van der Waals surface area contributed by atoms with E-state index in [1.807, 2.05) is 30.3 Å². The molecule has 2 aliphatic rings. The van der Waals surface area contributed by atoms with Gasteiger partial charge in [0, 0.05) is 12.1 Å². The van der Waals surface area contributed by atoms with Crippen molar-refractivity contribution in [3.63, 3.8) is 0 Å². The molecule has 8 heteroatoms. The summed E-state index contributed by atoms with van der Waals surface area (Å²) in [5.41, 5.74) is -0.150. The first-order chi connectivity index (χ1) is 20.1. The van der Waals surface area contributed by atoms with E-state index in [-0.39, 0.29) is 16.9 Å². The molecular weight excluding hydrogens is 514 g/mol. The SMILES string of the molecule is CCCCCCCCCCCCCCCCCCn1c2nc(=O)[nH]c(=O)c-2cc2c(=O)[nH]c(-c3ccccc3)nc21. The van der Waals surface area contributed by atoms with E-state index in [1.54, 1.807) is 4.57 Å². The van der Waals surface area contributed by atoms with E-state index in [0.29, 0.717) is 23.4 Å². The second-order valence-corrected chi connectivity index (χ2v) is 11.2. The maximum absolute atomic E-state index is 13.1. The standard InChI is InChI=1S/C33H45N5O3/c1-2-3-4-5-6-7-8-9-10-11-12-13-14-15-16-20-23-38-29-26(24-27-30(38)36-33(41)37-32(27)40)31(39)35-28(34-29)25-21-18-17-19-22-25/h17-19,21-22,24H,2-16,20,23H2,1H3,(H,34,35,39)(H,37,40,41). The van der Waals surface area contributed by atoms with Crippen molar-refractivity contribution in [2.75, 3.05) is 0 Å². The predicted molar refractivity (Wildman–Crippen MR) is 167 cm³/mol. The number of unbranched alkanes of at least 4 members (excludes halogenated alkanes) is 15. The molecule has 0 unspecified atom stereocenters. The van der Waals surface area contributed by atoms with Crippen molar-refractivity contribution in [3.8, 4) is 22.8 Å². The van der Waals surface area contributed by atoms with Gasteiger partial charge in [0.25, 0.3) is 11.1 Å². The minimum Gasteiger partial charge on any atom is -0.309 e. The lowest BCUT2D eigenvalue weighted by Gasteiger charge is -2.17. The maximum atomic E-state index is 13.1. The summed E-state index contributed by atoms with van der Waals surface area (Å²) in [6, 6.07) is 10.9. The molecule has 41 heavy (non-hydrogen) atoms.